The van der Waals surface area contributed by atoms with Crippen molar-refractivity contribution in [3.05, 3.63) is 34.9 Å². The fraction of sp³-hybridized carbons (Fsp3) is 0.556. The molecular formula is C18H25ClN2O3. The number of halogens is 1. The molecule has 0 aliphatic heterocycles. The molecule has 1 aromatic carbocycles. The Morgan fingerprint density at radius 1 is 1.33 bits per heavy atom. The molecule has 1 aliphatic carbocycles. The van der Waals surface area contributed by atoms with Crippen molar-refractivity contribution in [1.29, 1.82) is 0 Å². The van der Waals surface area contributed by atoms with Crippen LogP contribution in [0.3, 0.4) is 0 Å². The summed E-state index contributed by atoms with van der Waals surface area (Å²) < 4.78 is 5.15. The van der Waals surface area contributed by atoms with Gasteiger partial charge in [0.2, 0.25) is 0 Å². The van der Waals surface area contributed by atoms with Gasteiger partial charge in [0.1, 0.15) is 5.78 Å². The van der Waals surface area contributed by atoms with Crippen LogP contribution in [0.5, 0.6) is 0 Å². The highest BCUT2D eigenvalue weighted by Crippen LogP contribution is 2.39. The Hall–Kier alpha value is -1.59. The van der Waals surface area contributed by atoms with Crippen molar-refractivity contribution in [2.45, 2.75) is 37.5 Å². The van der Waals surface area contributed by atoms with Crippen LogP contribution in [-0.2, 0) is 14.9 Å². The molecule has 0 aromatic heterocycles. The van der Waals surface area contributed by atoms with Crippen LogP contribution in [0.25, 0.3) is 0 Å². The van der Waals surface area contributed by atoms with Gasteiger partial charge in [-0.2, -0.15) is 0 Å². The van der Waals surface area contributed by atoms with Gasteiger partial charge < -0.3 is 15.4 Å². The minimum Gasteiger partial charge on any atom is -0.450 e. The second-order valence-electron chi connectivity index (χ2n) is 6.14. The average molecular weight is 353 g/mol. The van der Waals surface area contributed by atoms with Crippen LogP contribution in [-0.4, -0.2) is 38.6 Å². The summed E-state index contributed by atoms with van der Waals surface area (Å²) in [6, 6.07) is 7.39. The molecule has 132 valence electrons. The van der Waals surface area contributed by atoms with Crippen LogP contribution in [0.2, 0.25) is 5.02 Å². The number of ketones is 1. The molecule has 1 fully saturated rings. The fourth-order valence-electron chi connectivity index (χ4n) is 3.20. The Bertz CT molecular complexity index is 579. The van der Waals surface area contributed by atoms with E-state index < -0.39 is 11.5 Å². The summed E-state index contributed by atoms with van der Waals surface area (Å²) in [7, 11) is 1.85. The number of benzene rings is 1. The van der Waals surface area contributed by atoms with Gasteiger partial charge in [-0.15, -0.1) is 0 Å². The van der Waals surface area contributed by atoms with E-state index in [1.54, 1.807) is 6.07 Å². The standard InChI is InChI=1S/C18H25ClN2O3/c1-20-11-6-12-24-17(23)21-13-18(10-5-4-9-16(18)22)14-7-2-3-8-15(14)19/h2-3,7-8,20H,4-6,9-13H2,1H3,(H,21,23)/t18-/m1/s1. The lowest BCUT2D eigenvalue weighted by Gasteiger charge is -2.36. The Morgan fingerprint density at radius 2 is 2.12 bits per heavy atom. The van der Waals surface area contributed by atoms with Crippen LogP contribution in [0.4, 0.5) is 4.79 Å². The summed E-state index contributed by atoms with van der Waals surface area (Å²) in [6.45, 7) is 1.36. The summed E-state index contributed by atoms with van der Waals surface area (Å²) in [5.74, 6) is 0.136. The molecule has 2 N–H and O–H groups in total. The van der Waals surface area contributed by atoms with Crippen molar-refractivity contribution < 1.29 is 14.3 Å². The molecule has 0 saturated heterocycles. The molecule has 5 nitrogen and oxygen atoms in total. The highest BCUT2D eigenvalue weighted by Gasteiger charge is 2.42. The van der Waals surface area contributed by atoms with Crippen LogP contribution in [0.1, 0.15) is 37.7 Å². The third kappa shape index (κ3) is 4.48. The molecule has 0 heterocycles. The number of rotatable bonds is 7. The second kappa shape index (κ2) is 9.04. The normalized spacial score (nSPS) is 20.7. The maximum atomic E-state index is 12.7. The Balaban J connectivity index is 2.07. The summed E-state index contributed by atoms with van der Waals surface area (Å²) in [5.41, 5.74) is 0.0486. The van der Waals surface area contributed by atoms with Gasteiger partial charge in [-0.25, -0.2) is 4.79 Å². The molecule has 1 amide bonds. The van der Waals surface area contributed by atoms with E-state index in [0.717, 1.165) is 31.4 Å². The van der Waals surface area contributed by atoms with E-state index >= 15 is 0 Å². The summed E-state index contributed by atoms with van der Waals surface area (Å²) >= 11 is 6.34. The Labute approximate surface area is 148 Å². The van der Waals surface area contributed by atoms with E-state index in [1.165, 1.54) is 0 Å². The number of amides is 1. The molecule has 0 bridgehead atoms. The highest BCUT2D eigenvalue weighted by molar-refractivity contribution is 6.31. The number of hydrogen-bond acceptors (Lipinski definition) is 4. The molecule has 6 heteroatoms. The Kier molecular flexibility index (Phi) is 7.06. The smallest absolute Gasteiger partial charge is 0.407 e. The molecule has 2 rings (SSSR count). The van der Waals surface area contributed by atoms with Gasteiger partial charge in [0.15, 0.2) is 0 Å². The van der Waals surface area contributed by atoms with Gasteiger partial charge in [0, 0.05) is 18.0 Å². The zero-order chi connectivity index (χ0) is 17.4. The molecule has 0 radical (unpaired) electrons. The van der Waals surface area contributed by atoms with Gasteiger partial charge in [-0.05, 0) is 44.5 Å². The van der Waals surface area contributed by atoms with Crippen LogP contribution in [0, 0.1) is 0 Å². The fourth-order valence-corrected chi connectivity index (χ4v) is 3.51. The average Bonchev–Trinajstić information content (AvgIpc) is 2.59. The quantitative estimate of drug-likeness (QED) is 0.740. The predicted molar refractivity (Wildman–Crippen MR) is 94.5 cm³/mol. The van der Waals surface area contributed by atoms with E-state index in [0.29, 0.717) is 24.5 Å². The first-order valence-corrected chi connectivity index (χ1v) is 8.81. The van der Waals surface area contributed by atoms with Crippen molar-refractivity contribution in [2.75, 3.05) is 26.7 Å². The maximum absolute atomic E-state index is 12.7. The lowest BCUT2D eigenvalue weighted by molar-refractivity contribution is -0.126. The van der Waals surface area contributed by atoms with E-state index in [2.05, 4.69) is 10.6 Å². The maximum Gasteiger partial charge on any atom is 0.407 e. The number of carbonyl (C=O) groups excluding carboxylic acids is 2. The van der Waals surface area contributed by atoms with Gasteiger partial charge in [-0.3, -0.25) is 4.79 Å². The Morgan fingerprint density at radius 3 is 2.83 bits per heavy atom. The third-order valence-electron chi connectivity index (χ3n) is 4.52. The first kappa shape index (κ1) is 18.7. The summed E-state index contributed by atoms with van der Waals surface area (Å²) in [4.78, 5) is 24.6. The predicted octanol–water partition coefficient (Wildman–Crippen LogP) is 3.06. The molecule has 1 saturated carbocycles. The lowest BCUT2D eigenvalue weighted by atomic mass is 9.68. The van der Waals surface area contributed by atoms with E-state index in [4.69, 9.17) is 16.3 Å². The molecule has 1 atom stereocenters. The van der Waals surface area contributed by atoms with Crippen molar-refractivity contribution in [3.63, 3.8) is 0 Å². The first-order chi connectivity index (χ1) is 11.6. The molecule has 0 unspecified atom stereocenters. The summed E-state index contributed by atoms with van der Waals surface area (Å²) in [5, 5.41) is 6.33. The minimum atomic E-state index is -0.749. The highest BCUT2D eigenvalue weighted by atomic mass is 35.5. The zero-order valence-electron chi connectivity index (χ0n) is 14.1. The zero-order valence-corrected chi connectivity index (χ0v) is 14.8. The van der Waals surface area contributed by atoms with Gasteiger partial charge in [0.05, 0.1) is 12.0 Å². The molecular weight excluding hydrogens is 328 g/mol. The van der Waals surface area contributed by atoms with Gasteiger partial charge in [-0.1, -0.05) is 36.2 Å². The van der Waals surface area contributed by atoms with Crippen LogP contribution >= 0.6 is 11.6 Å². The molecule has 24 heavy (non-hydrogen) atoms. The van der Waals surface area contributed by atoms with Gasteiger partial charge >= 0.3 is 6.09 Å². The molecule has 0 spiro atoms. The number of ether oxygens (including phenoxy) is 1. The largest absolute Gasteiger partial charge is 0.450 e. The number of hydrogen-bond donors (Lipinski definition) is 2. The lowest BCUT2D eigenvalue weighted by Crippen LogP contribution is -2.48. The van der Waals surface area contributed by atoms with Crippen LogP contribution in [0.15, 0.2) is 24.3 Å². The van der Waals surface area contributed by atoms with Crippen molar-refractivity contribution in [1.82, 2.24) is 10.6 Å². The van der Waals surface area contributed by atoms with Crippen molar-refractivity contribution >= 4 is 23.5 Å². The molecule has 1 aromatic rings. The van der Waals surface area contributed by atoms with E-state index in [1.807, 2.05) is 25.2 Å². The number of nitrogens with one attached hydrogen (secondary N) is 2. The van der Waals surface area contributed by atoms with E-state index in [9.17, 15) is 9.59 Å². The monoisotopic (exact) mass is 352 g/mol. The topological polar surface area (TPSA) is 67.4 Å². The van der Waals surface area contributed by atoms with Crippen LogP contribution < -0.4 is 10.6 Å². The van der Waals surface area contributed by atoms with Crippen molar-refractivity contribution in [3.8, 4) is 0 Å². The van der Waals surface area contributed by atoms with E-state index in [-0.39, 0.29) is 12.3 Å². The number of Topliss-reactive ketones (excluding diaryl/α,β-unsaturated/α-hetero) is 1. The summed E-state index contributed by atoms with van der Waals surface area (Å²) in [6.07, 6.45) is 3.30. The SMILES string of the molecule is CNCCCOC(=O)NC[C@@]1(c2ccccc2Cl)CCCCC1=O. The first-order valence-electron chi connectivity index (χ1n) is 8.44. The number of carbonyl (C=O) groups is 2. The second-order valence-corrected chi connectivity index (χ2v) is 6.55. The number of alkyl carbamates (subject to hydrolysis) is 1. The molecule has 1 aliphatic rings. The van der Waals surface area contributed by atoms with Crippen molar-refractivity contribution in [2.24, 2.45) is 0 Å². The minimum absolute atomic E-state index is 0.136. The third-order valence-corrected chi connectivity index (χ3v) is 4.85. The van der Waals surface area contributed by atoms with Gasteiger partial charge in [0.25, 0.3) is 0 Å².